The molecule has 2 rings (SSSR count). The fraction of sp³-hybridized carbons (Fsp3) is 0.529. The fourth-order valence-electron chi connectivity index (χ4n) is 2.80. The molecule has 1 aromatic carbocycles. The average molecular weight is 307 g/mol. The van der Waals surface area contributed by atoms with Crippen molar-refractivity contribution in [2.24, 2.45) is 5.92 Å². The second-order valence-electron chi connectivity index (χ2n) is 6.17. The number of rotatable bonds is 3. The first-order valence-corrected chi connectivity index (χ1v) is 8.97. The molecule has 1 saturated heterocycles. The Balaban J connectivity index is 2.11. The van der Waals surface area contributed by atoms with Gasteiger partial charge in [0.2, 0.25) is 10.0 Å². The highest BCUT2D eigenvalue weighted by molar-refractivity contribution is 7.89. The number of hydrogen-bond donors (Lipinski definition) is 0. The molecule has 0 saturated carbocycles. The summed E-state index contributed by atoms with van der Waals surface area (Å²) in [6.45, 7) is 9.63. The summed E-state index contributed by atoms with van der Waals surface area (Å²) in [4.78, 5) is 0.408. The maximum absolute atomic E-state index is 12.6. The number of piperidine rings is 1. The van der Waals surface area contributed by atoms with Crippen LogP contribution < -0.4 is 0 Å². The van der Waals surface area contributed by atoms with Gasteiger partial charge in [0.1, 0.15) is 0 Å². The van der Waals surface area contributed by atoms with Gasteiger partial charge in [0, 0.05) is 13.1 Å². The van der Waals surface area contributed by atoms with E-state index in [1.807, 2.05) is 19.1 Å². The van der Waals surface area contributed by atoms with E-state index < -0.39 is 10.0 Å². The highest BCUT2D eigenvalue weighted by Crippen LogP contribution is 2.29. The molecule has 0 radical (unpaired) electrons. The standard InChI is InChI=1S/C17H25NO2S/c1-13(2)15(4)16-9-11-18(12-10-16)21(19,20)17-7-5-14(3)6-8-17/h5-8,16H,9-12H2,1-4H3. The van der Waals surface area contributed by atoms with Gasteiger partial charge in [0.15, 0.2) is 0 Å². The smallest absolute Gasteiger partial charge is 0.207 e. The Kier molecular flexibility index (Phi) is 4.89. The molecule has 0 spiro atoms. The largest absolute Gasteiger partial charge is 0.243 e. The predicted molar refractivity (Wildman–Crippen MR) is 86.7 cm³/mol. The minimum atomic E-state index is -3.33. The molecule has 1 aromatic rings. The number of benzene rings is 1. The van der Waals surface area contributed by atoms with Crippen molar-refractivity contribution in [1.29, 1.82) is 0 Å². The number of nitrogens with zero attached hydrogens (tertiary/aromatic N) is 1. The number of allylic oxidation sites excluding steroid dienone is 2. The second kappa shape index (κ2) is 6.32. The summed E-state index contributed by atoms with van der Waals surface area (Å²) < 4.78 is 26.9. The summed E-state index contributed by atoms with van der Waals surface area (Å²) in [5.41, 5.74) is 3.85. The summed E-state index contributed by atoms with van der Waals surface area (Å²) in [5.74, 6) is 0.527. The van der Waals surface area contributed by atoms with Crippen molar-refractivity contribution < 1.29 is 8.42 Å². The van der Waals surface area contributed by atoms with Crippen molar-refractivity contribution in [2.75, 3.05) is 13.1 Å². The normalized spacial score (nSPS) is 17.7. The zero-order valence-electron chi connectivity index (χ0n) is 13.4. The Labute approximate surface area is 128 Å². The zero-order chi connectivity index (χ0) is 15.6. The molecular weight excluding hydrogens is 282 g/mol. The first kappa shape index (κ1) is 16.2. The third kappa shape index (κ3) is 3.55. The van der Waals surface area contributed by atoms with Gasteiger partial charge in [-0.1, -0.05) is 28.8 Å². The Morgan fingerprint density at radius 1 is 1.05 bits per heavy atom. The van der Waals surface area contributed by atoms with E-state index >= 15 is 0 Å². The monoisotopic (exact) mass is 307 g/mol. The van der Waals surface area contributed by atoms with E-state index in [1.54, 1.807) is 16.4 Å². The lowest BCUT2D eigenvalue weighted by Gasteiger charge is -2.32. The molecule has 0 N–H and O–H groups in total. The van der Waals surface area contributed by atoms with Crippen molar-refractivity contribution in [3.05, 3.63) is 41.0 Å². The van der Waals surface area contributed by atoms with E-state index in [4.69, 9.17) is 0 Å². The third-order valence-corrected chi connectivity index (χ3v) is 6.43. The summed E-state index contributed by atoms with van der Waals surface area (Å²) in [6.07, 6.45) is 1.84. The van der Waals surface area contributed by atoms with Crippen LogP contribution in [0.4, 0.5) is 0 Å². The number of hydrogen-bond acceptors (Lipinski definition) is 2. The van der Waals surface area contributed by atoms with E-state index in [0.29, 0.717) is 23.9 Å². The molecule has 0 amide bonds. The second-order valence-corrected chi connectivity index (χ2v) is 8.11. The summed E-state index contributed by atoms with van der Waals surface area (Å²) in [5, 5.41) is 0. The maximum Gasteiger partial charge on any atom is 0.243 e. The van der Waals surface area contributed by atoms with Gasteiger partial charge < -0.3 is 0 Å². The molecular formula is C17H25NO2S. The van der Waals surface area contributed by atoms with Crippen LogP contribution in [0.5, 0.6) is 0 Å². The van der Waals surface area contributed by atoms with Crippen LogP contribution in [0, 0.1) is 12.8 Å². The fourth-order valence-corrected chi connectivity index (χ4v) is 4.27. The average Bonchev–Trinajstić information content (AvgIpc) is 2.47. The van der Waals surface area contributed by atoms with Gasteiger partial charge in [0.25, 0.3) is 0 Å². The van der Waals surface area contributed by atoms with Gasteiger partial charge in [-0.2, -0.15) is 4.31 Å². The third-order valence-electron chi connectivity index (χ3n) is 4.51. The molecule has 1 aliphatic heterocycles. The van der Waals surface area contributed by atoms with Crippen LogP contribution in [0.2, 0.25) is 0 Å². The van der Waals surface area contributed by atoms with Crippen molar-refractivity contribution in [3.63, 3.8) is 0 Å². The molecule has 0 bridgehead atoms. The van der Waals surface area contributed by atoms with Crippen LogP contribution in [0.3, 0.4) is 0 Å². The van der Waals surface area contributed by atoms with Crippen LogP contribution >= 0.6 is 0 Å². The Bertz CT molecular complexity index is 617. The molecule has 116 valence electrons. The molecule has 21 heavy (non-hydrogen) atoms. The van der Waals surface area contributed by atoms with Crippen LogP contribution in [0.25, 0.3) is 0 Å². The van der Waals surface area contributed by atoms with Crippen molar-refractivity contribution >= 4 is 10.0 Å². The number of aryl methyl sites for hydroxylation is 1. The highest BCUT2D eigenvalue weighted by Gasteiger charge is 2.29. The molecule has 0 atom stereocenters. The molecule has 1 heterocycles. The quantitative estimate of drug-likeness (QED) is 0.798. The lowest BCUT2D eigenvalue weighted by Crippen LogP contribution is -2.38. The first-order chi connectivity index (χ1) is 9.82. The van der Waals surface area contributed by atoms with Crippen molar-refractivity contribution in [2.45, 2.75) is 45.4 Å². The topological polar surface area (TPSA) is 37.4 Å². The van der Waals surface area contributed by atoms with E-state index in [0.717, 1.165) is 18.4 Å². The van der Waals surface area contributed by atoms with Crippen LogP contribution in [-0.2, 0) is 10.0 Å². The van der Waals surface area contributed by atoms with Gasteiger partial charge >= 0.3 is 0 Å². The minimum absolute atomic E-state index is 0.408. The van der Waals surface area contributed by atoms with Crippen molar-refractivity contribution in [3.8, 4) is 0 Å². The van der Waals surface area contributed by atoms with E-state index in [9.17, 15) is 8.42 Å². The van der Waals surface area contributed by atoms with Crippen LogP contribution in [0.15, 0.2) is 40.3 Å². The highest BCUT2D eigenvalue weighted by atomic mass is 32.2. The Morgan fingerprint density at radius 2 is 1.57 bits per heavy atom. The van der Waals surface area contributed by atoms with E-state index in [1.165, 1.54) is 11.1 Å². The summed E-state index contributed by atoms with van der Waals surface area (Å²) >= 11 is 0. The first-order valence-electron chi connectivity index (χ1n) is 7.53. The maximum atomic E-state index is 12.6. The lowest BCUT2D eigenvalue weighted by molar-refractivity contribution is 0.297. The molecule has 0 aliphatic carbocycles. The van der Waals surface area contributed by atoms with Crippen LogP contribution in [-0.4, -0.2) is 25.8 Å². The summed E-state index contributed by atoms with van der Waals surface area (Å²) in [6, 6.07) is 7.12. The van der Waals surface area contributed by atoms with Crippen LogP contribution in [0.1, 0.15) is 39.2 Å². The van der Waals surface area contributed by atoms with Gasteiger partial charge in [-0.05, 0) is 58.6 Å². The van der Waals surface area contributed by atoms with Gasteiger partial charge in [-0.3, -0.25) is 0 Å². The molecule has 0 unspecified atom stereocenters. The van der Waals surface area contributed by atoms with Crippen molar-refractivity contribution in [1.82, 2.24) is 4.31 Å². The molecule has 1 aliphatic rings. The zero-order valence-corrected chi connectivity index (χ0v) is 14.2. The Hall–Kier alpha value is -1.13. The minimum Gasteiger partial charge on any atom is -0.207 e. The molecule has 1 fully saturated rings. The molecule has 3 nitrogen and oxygen atoms in total. The lowest BCUT2D eigenvalue weighted by atomic mass is 9.88. The predicted octanol–water partition coefficient (Wildman–Crippen LogP) is 3.75. The SMILES string of the molecule is CC(C)=C(C)C1CCN(S(=O)(=O)c2ccc(C)cc2)CC1. The van der Waals surface area contributed by atoms with E-state index in [-0.39, 0.29) is 0 Å². The van der Waals surface area contributed by atoms with Gasteiger partial charge in [-0.15, -0.1) is 0 Å². The van der Waals surface area contributed by atoms with Gasteiger partial charge in [-0.25, -0.2) is 8.42 Å². The Morgan fingerprint density at radius 3 is 2.05 bits per heavy atom. The number of sulfonamides is 1. The van der Waals surface area contributed by atoms with E-state index in [2.05, 4.69) is 20.8 Å². The molecule has 4 heteroatoms. The summed E-state index contributed by atoms with van der Waals surface area (Å²) in [7, 11) is -3.33. The van der Waals surface area contributed by atoms with Gasteiger partial charge in [0.05, 0.1) is 4.90 Å². The molecule has 0 aromatic heterocycles.